The van der Waals surface area contributed by atoms with Gasteiger partial charge in [0.15, 0.2) is 15.0 Å². The number of hydrogen-bond acceptors (Lipinski definition) is 7. The number of aryl methyl sites for hydroxylation is 2. The fraction of sp³-hybridized carbons (Fsp3) is 0.417. The summed E-state index contributed by atoms with van der Waals surface area (Å²) < 4.78 is 31.5. The van der Waals surface area contributed by atoms with Crippen LogP contribution in [-0.4, -0.2) is 64.3 Å². The number of methoxy groups -OCH3 is 1. The van der Waals surface area contributed by atoms with E-state index in [-0.39, 0.29) is 29.4 Å². The summed E-state index contributed by atoms with van der Waals surface area (Å²) in [5.74, 6) is 0.391. The molecule has 1 aromatic heterocycles. The predicted octanol–water partition coefficient (Wildman–Crippen LogP) is 4.07. The summed E-state index contributed by atoms with van der Waals surface area (Å²) in [5.41, 5.74) is 3.19. The quantitative estimate of drug-likeness (QED) is 0.427. The molecule has 0 saturated heterocycles. The van der Waals surface area contributed by atoms with Gasteiger partial charge in [0.25, 0.3) is 0 Å². The number of thiazole rings is 1. The van der Waals surface area contributed by atoms with Crippen LogP contribution in [-0.2, 0) is 14.6 Å². The number of anilines is 1. The van der Waals surface area contributed by atoms with Crippen molar-refractivity contribution in [2.24, 2.45) is 0 Å². The zero-order valence-corrected chi connectivity index (χ0v) is 21.4. The molecule has 3 aromatic rings. The Bertz CT molecular complexity index is 1220. The fourth-order valence-corrected chi connectivity index (χ4v) is 5.79. The molecule has 7 nitrogen and oxygen atoms in total. The van der Waals surface area contributed by atoms with Crippen molar-refractivity contribution in [1.29, 1.82) is 0 Å². The van der Waals surface area contributed by atoms with E-state index in [4.69, 9.17) is 9.72 Å². The van der Waals surface area contributed by atoms with Gasteiger partial charge in [0.2, 0.25) is 5.91 Å². The van der Waals surface area contributed by atoms with Gasteiger partial charge in [-0.25, -0.2) is 13.4 Å². The normalized spacial score (nSPS) is 11.8. The highest BCUT2D eigenvalue weighted by Gasteiger charge is 2.22. The zero-order valence-electron chi connectivity index (χ0n) is 19.8. The van der Waals surface area contributed by atoms with E-state index in [1.54, 1.807) is 17.0 Å². The Kier molecular flexibility index (Phi) is 8.10. The minimum absolute atomic E-state index is 0.0925. The molecule has 0 radical (unpaired) electrons. The fourth-order valence-electron chi connectivity index (χ4n) is 3.41. The van der Waals surface area contributed by atoms with Gasteiger partial charge < -0.3 is 9.64 Å². The molecule has 0 spiro atoms. The zero-order chi connectivity index (χ0) is 24.2. The van der Waals surface area contributed by atoms with E-state index in [0.717, 1.165) is 21.3 Å². The Morgan fingerprint density at radius 2 is 1.76 bits per heavy atom. The van der Waals surface area contributed by atoms with Crippen LogP contribution in [0.3, 0.4) is 0 Å². The molecule has 0 N–H and O–H groups in total. The topological polar surface area (TPSA) is 79.8 Å². The first-order chi connectivity index (χ1) is 15.6. The molecular formula is C24H31N3O4S2. The SMILES string of the molecule is COc1ccc(S(=O)(=O)CCCC(=O)N(CCN(C)C)c2nc3c(C)c(C)ccc3s2)cc1. The average molecular weight is 490 g/mol. The van der Waals surface area contributed by atoms with Crippen LogP contribution in [0.1, 0.15) is 24.0 Å². The van der Waals surface area contributed by atoms with Crippen molar-refractivity contribution >= 4 is 42.4 Å². The molecule has 1 heterocycles. The Morgan fingerprint density at radius 3 is 2.39 bits per heavy atom. The van der Waals surface area contributed by atoms with Crippen LogP contribution in [0, 0.1) is 13.8 Å². The van der Waals surface area contributed by atoms with Crippen LogP contribution >= 0.6 is 11.3 Å². The van der Waals surface area contributed by atoms with Gasteiger partial charge in [-0.2, -0.15) is 0 Å². The number of amides is 1. The van der Waals surface area contributed by atoms with Crippen LogP contribution in [0.4, 0.5) is 5.13 Å². The number of hydrogen-bond donors (Lipinski definition) is 0. The van der Waals surface area contributed by atoms with Gasteiger partial charge >= 0.3 is 0 Å². The predicted molar refractivity (Wildman–Crippen MR) is 134 cm³/mol. The van der Waals surface area contributed by atoms with Crippen LogP contribution in [0.5, 0.6) is 5.75 Å². The standard InChI is InChI=1S/C24H31N3O4S2/c1-17-8-13-21-23(18(17)2)25-24(32-21)27(15-14-26(3)4)22(28)7-6-16-33(29,30)20-11-9-19(31-5)10-12-20/h8-13H,6-7,14-16H2,1-5H3. The van der Waals surface area contributed by atoms with E-state index in [9.17, 15) is 13.2 Å². The largest absolute Gasteiger partial charge is 0.497 e. The lowest BCUT2D eigenvalue weighted by molar-refractivity contribution is -0.118. The maximum absolute atomic E-state index is 13.2. The number of aromatic nitrogens is 1. The molecule has 3 rings (SSSR count). The van der Waals surface area contributed by atoms with Crippen LogP contribution in [0.25, 0.3) is 10.2 Å². The molecule has 0 atom stereocenters. The summed E-state index contributed by atoms with van der Waals surface area (Å²) in [6, 6.07) is 10.4. The molecule has 0 bridgehead atoms. The Hall–Kier alpha value is -2.49. The summed E-state index contributed by atoms with van der Waals surface area (Å²) in [6.45, 7) is 5.27. The summed E-state index contributed by atoms with van der Waals surface area (Å²) in [6.07, 6.45) is 0.380. The molecule has 0 aliphatic carbocycles. The number of likely N-dealkylation sites (N-methyl/N-ethyl adjacent to an activating group) is 1. The van der Waals surface area contributed by atoms with Crippen molar-refractivity contribution in [2.45, 2.75) is 31.6 Å². The van der Waals surface area contributed by atoms with Crippen LogP contribution < -0.4 is 9.64 Å². The molecule has 0 fully saturated rings. The van der Waals surface area contributed by atoms with E-state index in [0.29, 0.717) is 24.0 Å². The van der Waals surface area contributed by atoms with Gasteiger partial charge in [-0.3, -0.25) is 9.69 Å². The highest BCUT2D eigenvalue weighted by Crippen LogP contribution is 2.32. The van der Waals surface area contributed by atoms with Gasteiger partial charge in [-0.15, -0.1) is 0 Å². The molecule has 178 valence electrons. The van der Waals surface area contributed by atoms with Crippen LogP contribution in [0.15, 0.2) is 41.3 Å². The average Bonchev–Trinajstić information content (AvgIpc) is 3.21. The second-order valence-electron chi connectivity index (χ2n) is 8.30. The molecule has 0 aliphatic heterocycles. The van der Waals surface area contributed by atoms with E-state index in [1.807, 2.05) is 38.9 Å². The molecule has 9 heteroatoms. The van der Waals surface area contributed by atoms with Crippen molar-refractivity contribution < 1.29 is 17.9 Å². The second kappa shape index (κ2) is 10.6. The molecule has 2 aromatic carbocycles. The minimum atomic E-state index is -3.48. The number of carbonyl (C=O) groups is 1. The van der Waals surface area contributed by atoms with Gasteiger partial charge in [0.05, 0.1) is 28.0 Å². The summed E-state index contributed by atoms with van der Waals surface area (Å²) in [4.78, 5) is 21.9. The minimum Gasteiger partial charge on any atom is -0.497 e. The lowest BCUT2D eigenvalue weighted by atomic mass is 10.1. The molecule has 0 unspecified atom stereocenters. The van der Waals surface area contributed by atoms with E-state index >= 15 is 0 Å². The maximum Gasteiger partial charge on any atom is 0.228 e. The van der Waals surface area contributed by atoms with Gasteiger partial charge in [-0.1, -0.05) is 17.4 Å². The maximum atomic E-state index is 13.2. The number of nitrogens with zero attached hydrogens (tertiary/aromatic N) is 3. The molecule has 33 heavy (non-hydrogen) atoms. The Balaban J connectivity index is 1.73. The third-order valence-electron chi connectivity index (χ3n) is 5.60. The first-order valence-corrected chi connectivity index (χ1v) is 13.3. The van der Waals surface area contributed by atoms with E-state index in [2.05, 4.69) is 6.07 Å². The smallest absolute Gasteiger partial charge is 0.228 e. The van der Waals surface area contributed by atoms with Crippen molar-refractivity contribution in [3.05, 3.63) is 47.5 Å². The summed E-state index contributed by atoms with van der Waals surface area (Å²) in [7, 11) is 1.97. The number of ether oxygens (including phenoxy) is 1. The molecular weight excluding hydrogens is 458 g/mol. The van der Waals surface area contributed by atoms with Gasteiger partial charge in [0, 0.05) is 19.5 Å². The Morgan fingerprint density at radius 1 is 1.06 bits per heavy atom. The summed E-state index contributed by atoms with van der Waals surface area (Å²) >= 11 is 1.49. The number of rotatable bonds is 10. The third-order valence-corrected chi connectivity index (χ3v) is 8.46. The van der Waals surface area contributed by atoms with Crippen LogP contribution in [0.2, 0.25) is 0 Å². The molecule has 1 amide bonds. The van der Waals surface area contributed by atoms with Gasteiger partial charge in [0.1, 0.15) is 5.75 Å². The van der Waals surface area contributed by atoms with E-state index in [1.165, 1.54) is 30.6 Å². The number of carbonyl (C=O) groups excluding carboxylic acids is 1. The molecule has 0 aliphatic rings. The number of benzene rings is 2. The Labute approximate surface area is 199 Å². The lowest BCUT2D eigenvalue weighted by Crippen LogP contribution is -2.36. The van der Waals surface area contributed by atoms with Crippen molar-refractivity contribution in [3.8, 4) is 5.75 Å². The molecule has 0 saturated carbocycles. The van der Waals surface area contributed by atoms with Gasteiger partial charge in [-0.05, 0) is 75.8 Å². The van der Waals surface area contributed by atoms with Crippen molar-refractivity contribution in [2.75, 3.05) is 44.9 Å². The summed E-state index contributed by atoms with van der Waals surface area (Å²) in [5, 5.41) is 0.656. The lowest BCUT2D eigenvalue weighted by Gasteiger charge is -2.22. The van der Waals surface area contributed by atoms with Crippen molar-refractivity contribution in [3.63, 3.8) is 0 Å². The monoisotopic (exact) mass is 489 g/mol. The van der Waals surface area contributed by atoms with Crippen molar-refractivity contribution in [1.82, 2.24) is 9.88 Å². The first-order valence-electron chi connectivity index (χ1n) is 10.8. The highest BCUT2D eigenvalue weighted by atomic mass is 32.2. The third kappa shape index (κ3) is 6.10. The second-order valence-corrected chi connectivity index (χ2v) is 11.4. The number of sulfone groups is 1. The first kappa shape index (κ1) is 25.1. The van der Waals surface area contributed by atoms with E-state index < -0.39 is 9.84 Å². The highest BCUT2D eigenvalue weighted by molar-refractivity contribution is 7.91. The number of fused-ring (bicyclic) bond motifs is 1.